The molecule has 108 valence electrons. The normalized spacial score (nSPS) is 14.4. The van der Waals surface area contributed by atoms with Gasteiger partial charge < -0.3 is 5.32 Å². The molecular weight excluding hydrogens is 261 g/mol. The molecule has 0 heterocycles. The van der Waals surface area contributed by atoms with Crippen LogP contribution >= 0.6 is 11.6 Å². The van der Waals surface area contributed by atoms with Crippen LogP contribution in [0.3, 0.4) is 0 Å². The van der Waals surface area contributed by atoms with Gasteiger partial charge in [-0.2, -0.15) is 0 Å². The van der Waals surface area contributed by atoms with Gasteiger partial charge >= 0.3 is 0 Å². The third kappa shape index (κ3) is 5.12. The van der Waals surface area contributed by atoms with Crippen LogP contribution in [-0.2, 0) is 0 Å². The van der Waals surface area contributed by atoms with Crippen LogP contribution in [0.15, 0.2) is 18.2 Å². The van der Waals surface area contributed by atoms with Crippen LogP contribution in [0.25, 0.3) is 0 Å². The van der Waals surface area contributed by atoms with Crippen molar-refractivity contribution in [3.05, 3.63) is 34.6 Å². The molecule has 1 aromatic rings. The van der Waals surface area contributed by atoms with E-state index < -0.39 is 0 Å². The van der Waals surface area contributed by atoms with Gasteiger partial charge in [0.15, 0.2) is 0 Å². The molecule has 0 aliphatic rings. The van der Waals surface area contributed by atoms with Crippen LogP contribution in [0.5, 0.6) is 0 Å². The van der Waals surface area contributed by atoms with Gasteiger partial charge in [-0.3, -0.25) is 0 Å². The number of hydrogen-bond acceptors (Lipinski definition) is 1. The van der Waals surface area contributed by atoms with Crippen LogP contribution in [0.1, 0.15) is 57.6 Å². The Kier molecular flexibility index (Phi) is 7.40. The molecule has 0 aromatic heterocycles. The lowest BCUT2D eigenvalue weighted by molar-refractivity contribution is 0.365. The summed E-state index contributed by atoms with van der Waals surface area (Å²) in [7, 11) is 1.95. The Hall–Kier alpha value is -0.600. The molecule has 1 rings (SSSR count). The largest absolute Gasteiger partial charge is 0.313 e. The van der Waals surface area contributed by atoms with E-state index in [1.54, 1.807) is 6.07 Å². The van der Waals surface area contributed by atoms with Crippen LogP contribution in [0.4, 0.5) is 4.39 Å². The summed E-state index contributed by atoms with van der Waals surface area (Å²) in [6.07, 6.45) is 6.05. The van der Waals surface area contributed by atoms with Crippen molar-refractivity contribution in [1.29, 1.82) is 0 Å². The Morgan fingerprint density at radius 1 is 1.32 bits per heavy atom. The zero-order valence-corrected chi connectivity index (χ0v) is 12.9. The number of unbranched alkanes of at least 4 members (excludes halogenated alkanes) is 1. The molecule has 1 aromatic carbocycles. The molecule has 0 aliphatic heterocycles. The first-order chi connectivity index (χ1) is 9.12. The Morgan fingerprint density at radius 2 is 2.05 bits per heavy atom. The van der Waals surface area contributed by atoms with Crippen molar-refractivity contribution in [2.45, 2.75) is 52.0 Å². The molecule has 2 unspecified atom stereocenters. The van der Waals surface area contributed by atoms with E-state index in [1.165, 1.54) is 31.7 Å². The second-order valence-electron chi connectivity index (χ2n) is 5.17. The van der Waals surface area contributed by atoms with Gasteiger partial charge in [0.25, 0.3) is 0 Å². The molecular formula is C16H25ClFN. The maximum absolute atomic E-state index is 13.2. The van der Waals surface area contributed by atoms with Gasteiger partial charge in [-0.15, -0.1) is 0 Å². The van der Waals surface area contributed by atoms with Crippen LogP contribution < -0.4 is 5.32 Å². The van der Waals surface area contributed by atoms with E-state index in [4.69, 9.17) is 11.6 Å². The van der Waals surface area contributed by atoms with Gasteiger partial charge in [0, 0.05) is 6.04 Å². The van der Waals surface area contributed by atoms with E-state index in [2.05, 4.69) is 19.2 Å². The second kappa shape index (κ2) is 8.55. The molecule has 1 N–H and O–H groups in total. The van der Waals surface area contributed by atoms with Gasteiger partial charge in [0.1, 0.15) is 5.82 Å². The molecule has 0 bridgehead atoms. The SMILES string of the molecule is CCCCC(CC)CC(NC)c1ccc(F)c(Cl)c1. The van der Waals surface area contributed by atoms with Crippen molar-refractivity contribution in [3.63, 3.8) is 0 Å². The Morgan fingerprint density at radius 3 is 2.58 bits per heavy atom. The van der Waals surface area contributed by atoms with Crippen molar-refractivity contribution < 1.29 is 4.39 Å². The van der Waals surface area contributed by atoms with Crippen LogP contribution in [0, 0.1) is 11.7 Å². The molecule has 0 saturated heterocycles. The highest BCUT2D eigenvalue weighted by Crippen LogP contribution is 2.28. The third-order valence-corrected chi connectivity index (χ3v) is 4.10. The minimum Gasteiger partial charge on any atom is -0.313 e. The fourth-order valence-corrected chi connectivity index (χ4v) is 2.65. The monoisotopic (exact) mass is 285 g/mol. The second-order valence-corrected chi connectivity index (χ2v) is 5.57. The number of halogens is 2. The van der Waals surface area contributed by atoms with E-state index in [0.717, 1.165) is 12.0 Å². The lowest BCUT2D eigenvalue weighted by Gasteiger charge is -2.23. The molecule has 0 saturated carbocycles. The summed E-state index contributed by atoms with van der Waals surface area (Å²) in [5.74, 6) is 0.361. The summed E-state index contributed by atoms with van der Waals surface area (Å²) in [6, 6.07) is 5.27. The van der Waals surface area contributed by atoms with Crippen LogP contribution in [-0.4, -0.2) is 7.05 Å². The average molecular weight is 286 g/mol. The number of rotatable bonds is 8. The summed E-state index contributed by atoms with van der Waals surface area (Å²) in [4.78, 5) is 0. The molecule has 0 aliphatic carbocycles. The molecule has 0 amide bonds. The maximum Gasteiger partial charge on any atom is 0.141 e. The van der Waals surface area contributed by atoms with E-state index >= 15 is 0 Å². The minimum atomic E-state index is -0.349. The molecule has 1 nitrogen and oxygen atoms in total. The van der Waals surface area contributed by atoms with Gasteiger partial charge in [-0.1, -0.05) is 57.2 Å². The zero-order valence-electron chi connectivity index (χ0n) is 12.2. The van der Waals surface area contributed by atoms with Crippen molar-refractivity contribution in [2.24, 2.45) is 5.92 Å². The Labute approximate surface area is 121 Å². The summed E-state index contributed by atoms with van der Waals surface area (Å²) in [5, 5.41) is 3.53. The van der Waals surface area contributed by atoms with Gasteiger partial charge in [0.05, 0.1) is 5.02 Å². The van der Waals surface area contributed by atoms with Crippen molar-refractivity contribution in [1.82, 2.24) is 5.32 Å². The maximum atomic E-state index is 13.2. The molecule has 0 radical (unpaired) electrons. The van der Waals surface area contributed by atoms with Crippen LogP contribution in [0.2, 0.25) is 5.02 Å². The smallest absolute Gasteiger partial charge is 0.141 e. The highest BCUT2D eigenvalue weighted by Gasteiger charge is 2.16. The number of nitrogens with one attached hydrogen (secondary N) is 1. The number of benzene rings is 1. The highest BCUT2D eigenvalue weighted by molar-refractivity contribution is 6.30. The molecule has 3 heteroatoms. The van der Waals surface area contributed by atoms with Gasteiger partial charge in [0.2, 0.25) is 0 Å². The van der Waals surface area contributed by atoms with E-state index in [1.807, 2.05) is 13.1 Å². The lowest BCUT2D eigenvalue weighted by Crippen LogP contribution is -2.20. The molecule has 0 fully saturated rings. The van der Waals surface area contributed by atoms with E-state index in [0.29, 0.717) is 5.92 Å². The molecule has 0 spiro atoms. The minimum absolute atomic E-state index is 0.208. The first-order valence-corrected chi connectivity index (χ1v) is 7.62. The topological polar surface area (TPSA) is 12.0 Å². The summed E-state index contributed by atoms with van der Waals surface area (Å²) >= 11 is 5.87. The quantitative estimate of drug-likeness (QED) is 0.679. The van der Waals surface area contributed by atoms with E-state index in [9.17, 15) is 4.39 Å². The molecule has 19 heavy (non-hydrogen) atoms. The summed E-state index contributed by atoms with van der Waals surface area (Å²) in [5.41, 5.74) is 1.07. The summed E-state index contributed by atoms with van der Waals surface area (Å²) < 4.78 is 13.2. The lowest BCUT2D eigenvalue weighted by atomic mass is 9.89. The number of hydrogen-bond donors (Lipinski definition) is 1. The third-order valence-electron chi connectivity index (χ3n) is 3.81. The first-order valence-electron chi connectivity index (χ1n) is 7.24. The van der Waals surface area contributed by atoms with Gasteiger partial charge in [-0.25, -0.2) is 4.39 Å². The van der Waals surface area contributed by atoms with Gasteiger partial charge in [-0.05, 0) is 37.1 Å². The van der Waals surface area contributed by atoms with Crippen molar-refractivity contribution in [3.8, 4) is 0 Å². The van der Waals surface area contributed by atoms with Crippen molar-refractivity contribution in [2.75, 3.05) is 7.05 Å². The summed E-state index contributed by atoms with van der Waals surface area (Å²) in [6.45, 7) is 4.46. The average Bonchev–Trinajstić information content (AvgIpc) is 2.42. The Balaban J connectivity index is 2.72. The predicted octanol–water partition coefficient (Wildman–Crippen LogP) is 5.35. The predicted molar refractivity (Wildman–Crippen MR) is 81.1 cm³/mol. The fraction of sp³-hybridized carbons (Fsp3) is 0.625. The fourth-order valence-electron chi connectivity index (χ4n) is 2.46. The van der Waals surface area contributed by atoms with Crippen molar-refractivity contribution >= 4 is 11.6 Å². The zero-order chi connectivity index (χ0) is 14.3. The van der Waals surface area contributed by atoms with E-state index in [-0.39, 0.29) is 16.9 Å². The Bertz CT molecular complexity index is 381. The molecule has 2 atom stereocenters. The standard InChI is InChI=1S/C16H25ClFN/c1-4-6-7-12(5-2)10-16(19-3)13-8-9-15(18)14(17)11-13/h8-9,11-12,16,19H,4-7,10H2,1-3H3. The first kappa shape index (κ1) is 16.5. The highest BCUT2D eigenvalue weighted by atomic mass is 35.5.